The van der Waals surface area contributed by atoms with Gasteiger partial charge in [0.15, 0.2) is 0 Å². The Balaban J connectivity index is 1.56. The number of carbonyl (C=O) groups is 3. The molecule has 4 rings (SSSR count). The van der Waals surface area contributed by atoms with Crippen LogP contribution in [-0.2, 0) is 22.7 Å². The number of aliphatic hydroxyl groups is 1. The molecule has 0 spiro atoms. The van der Waals surface area contributed by atoms with Crippen molar-refractivity contribution >= 4 is 17.7 Å². The molecule has 0 bridgehead atoms. The fourth-order valence-corrected chi connectivity index (χ4v) is 4.21. The third-order valence-electron chi connectivity index (χ3n) is 5.74. The van der Waals surface area contributed by atoms with Crippen molar-refractivity contribution in [3.63, 3.8) is 0 Å². The van der Waals surface area contributed by atoms with Gasteiger partial charge in [-0.2, -0.15) is 0 Å². The SMILES string of the molecule is O=C1CCC(N2Cc3c(CN4CCNCC4CO)cccc3C2=O)C(=O)N1. The molecule has 3 aliphatic rings. The van der Waals surface area contributed by atoms with Crippen LogP contribution in [0, 0.1) is 0 Å². The van der Waals surface area contributed by atoms with E-state index in [0.29, 0.717) is 25.1 Å². The van der Waals surface area contributed by atoms with E-state index in [1.165, 1.54) is 0 Å². The Hall–Kier alpha value is -2.29. The summed E-state index contributed by atoms with van der Waals surface area (Å²) in [6.07, 6.45) is 0.618. The molecular formula is C19H24N4O4. The molecule has 0 aliphatic carbocycles. The molecule has 144 valence electrons. The third-order valence-corrected chi connectivity index (χ3v) is 5.74. The highest BCUT2D eigenvalue weighted by molar-refractivity contribution is 6.05. The van der Waals surface area contributed by atoms with Crippen molar-refractivity contribution in [1.29, 1.82) is 0 Å². The lowest BCUT2D eigenvalue weighted by atomic mass is 10.0. The number of benzene rings is 1. The number of nitrogens with one attached hydrogen (secondary N) is 2. The zero-order valence-electron chi connectivity index (χ0n) is 15.1. The van der Waals surface area contributed by atoms with E-state index in [1.54, 1.807) is 11.0 Å². The van der Waals surface area contributed by atoms with Crippen LogP contribution in [0.3, 0.4) is 0 Å². The zero-order chi connectivity index (χ0) is 19.0. The average Bonchev–Trinajstić information content (AvgIpc) is 3.00. The minimum Gasteiger partial charge on any atom is -0.395 e. The molecule has 0 radical (unpaired) electrons. The van der Waals surface area contributed by atoms with Crippen LogP contribution in [0.15, 0.2) is 18.2 Å². The molecule has 2 saturated heterocycles. The van der Waals surface area contributed by atoms with E-state index in [1.807, 2.05) is 12.1 Å². The third kappa shape index (κ3) is 3.36. The summed E-state index contributed by atoms with van der Waals surface area (Å²) in [7, 11) is 0. The van der Waals surface area contributed by atoms with Crippen molar-refractivity contribution in [3.8, 4) is 0 Å². The second-order valence-electron chi connectivity index (χ2n) is 7.35. The molecule has 0 saturated carbocycles. The van der Waals surface area contributed by atoms with Gasteiger partial charge < -0.3 is 15.3 Å². The molecule has 2 fully saturated rings. The van der Waals surface area contributed by atoms with Crippen molar-refractivity contribution in [2.24, 2.45) is 0 Å². The summed E-state index contributed by atoms with van der Waals surface area (Å²) in [6.45, 7) is 3.57. The lowest BCUT2D eigenvalue weighted by molar-refractivity contribution is -0.136. The smallest absolute Gasteiger partial charge is 0.255 e. The van der Waals surface area contributed by atoms with E-state index in [4.69, 9.17) is 0 Å². The second kappa shape index (κ2) is 7.38. The van der Waals surface area contributed by atoms with Crippen LogP contribution < -0.4 is 10.6 Å². The van der Waals surface area contributed by atoms with Gasteiger partial charge in [0.05, 0.1) is 6.61 Å². The Morgan fingerprint density at radius 2 is 2.07 bits per heavy atom. The number of nitrogens with zero attached hydrogens (tertiary/aromatic N) is 2. The van der Waals surface area contributed by atoms with E-state index >= 15 is 0 Å². The van der Waals surface area contributed by atoms with Crippen molar-refractivity contribution < 1.29 is 19.5 Å². The lowest BCUT2D eigenvalue weighted by Gasteiger charge is -2.35. The standard InChI is InChI=1S/C19H24N4O4/c24-11-13-8-20-6-7-22(13)9-12-2-1-3-14-15(12)10-23(19(14)27)16-4-5-17(25)21-18(16)26/h1-3,13,16,20,24H,4-11H2,(H,21,25,26). The maximum atomic E-state index is 12.9. The van der Waals surface area contributed by atoms with E-state index in [2.05, 4.69) is 15.5 Å². The Morgan fingerprint density at radius 3 is 2.85 bits per heavy atom. The van der Waals surface area contributed by atoms with Crippen LogP contribution in [-0.4, -0.2) is 71.0 Å². The molecule has 27 heavy (non-hydrogen) atoms. The number of piperidine rings is 1. The first-order valence-corrected chi connectivity index (χ1v) is 9.39. The quantitative estimate of drug-likeness (QED) is 0.599. The van der Waals surface area contributed by atoms with Crippen LogP contribution in [0.5, 0.6) is 0 Å². The molecule has 3 aliphatic heterocycles. The Morgan fingerprint density at radius 1 is 1.22 bits per heavy atom. The highest BCUT2D eigenvalue weighted by atomic mass is 16.3. The van der Waals surface area contributed by atoms with Crippen molar-refractivity contribution in [2.75, 3.05) is 26.2 Å². The summed E-state index contributed by atoms with van der Waals surface area (Å²) in [6, 6.07) is 5.14. The topological polar surface area (TPSA) is 102 Å². The number of hydrogen-bond acceptors (Lipinski definition) is 6. The van der Waals surface area contributed by atoms with Gasteiger partial charge in [0, 0.05) is 50.7 Å². The Labute approximate surface area is 157 Å². The Kier molecular flexibility index (Phi) is 4.94. The number of fused-ring (bicyclic) bond motifs is 1. The van der Waals surface area contributed by atoms with Crippen molar-refractivity contribution in [2.45, 2.75) is 38.0 Å². The molecule has 3 amide bonds. The van der Waals surface area contributed by atoms with Gasteiger partial charge in [-0.25, -0.2) is 0 Å². The maximum absolute atomic E-state index is 12.9. The zero-order valence-corrected chi connectivity index (χ0v) is 15.1. The van der Waals surface area contributed by atoms with Crippen molar-refractivity contribution in [3.05, 3.63) is 34.9 Å². The van der Waals surface area contributed by atoms with Crippen LogP contribution >= 0.6 is 0 Å². The molecular weight excluding hydrogens is 348 g/mol. The molecule has 8 heteroatoms. The Bertz CT molecular complexity index is 781. The molecule has 8 nitrogen and oxygen atoms in total. The first-order valence-electron chi connectivity index (χ1n) is 9.39. The molecule has 1 aromatic rings. The highest BCUT2D eigenvalue weighted by Crippen LogP contribution is 2.30. The average molecular weight is 372 g/mol. The first-order chi connectivity index (χ1) is 13.1. The lowest BCUT2D eigenvalue weighted by Crippen LogP contribution is -2.52. The summed E-state index contributed by atoms with van der Waals surface area (Å²) in [5.41, 5.74) is 2.63. The molecule has 3 N–H and O–H groups in total. The van der Waals surface area contributed by atoms with E-state index < -0.39 is 11.9 Å². The summed E-state index contributed by atoms with van der Waals surface area (Å²) in [4.78, 5) is 40.3. The fourth-order valence-electron chi connectivity index (χ4n) is 4.21. The van der Waals surface area contributed by atoms with Crippen LogP contribution in [0.1, 0.15) is 34.3 Å². The van der Waals surface area contributed by atoms with Crippen LogP contribution in [0.2, 0.25) is 0 Å². The van der Waals surface area contributed by atoms with Gasteiger partial charge in [-0.1, -0.05) is 12.1 Å². The van der Waals surface area contributed by atoms with Gasteiger partial charge in [0.25, 0.3) is 5.91 Å². The summed E-state index contributed by atoms with van der Waals surface area (Å²) in [5, 5.41) is 15.2. The summed E-state index contributed by atoms with van der Waals surface area (Å²) in [5.74, 6) is -0.827. The van der Waals surface area contributed by atoms with Gasteiger partial charge in [0.1, 0.15) is 6.04 Å². The van der Waals surface area contributed by atoms with Gasteiger partial charge in [-0.15, -0.1) is 0 Å². The normalized spacial score (nSPS) is 26.3. The number of carbonyl (C=O) groups excluding carboxylic acids is 3. The highest BCUT2D eigenvalue weighted by Gasteiger charge is 2.40. The van der Waals surface area contributed by atoms with E-state index in [0.717, 1.165) is 30.8 Å². The monoisotopic (exact) mass is 372 g/mol. The van der Waals surface area contributed by atoms with Gasteiger partial charge >= 0.3 is 0 Å². The molecule has 1 aromatic carbocycles. The number of piperazine rings is 1. The van der Waals surface area contributed by atoms with E-state index in [-0.39, 0.29) is 30.9 Å². The summed E-state index contributed by atoms with van der Waals surface area (Å²) >= 11 is 0. The number of aliphatic hydroxyl groups excluding tert-OH is 1. The number of amides is 3. The van der Waals surface area contributed by atoms with Gasteiger partial charge in [-0.3, -0.25) is 24.6 Å². The molecule has 0 aromatic heterocycles. The van der Waals surface area contributed by atoms with Crippen molar-refractivity contribution in [1.82, 2.24) is 20.4 Å². The predicted molar refractivity (Wildman–Crippen MR) is 96.6 cm³/mol. The van der Waals surface area contributed by atoms with Gasteiger partial charge in [0.2, 0.25) is 11.8 Å². The first kappa shape index (κ1) is 18.1. The maximum Gasteiger partial charge on any atom is 0.255 e. The number of imide groups is 1. The fraction of sp³-hybridized carbons (Fsp3) is 0.526. The minimum atomic E-state index is -0.597. The molecule has 3 heterocycles. The number of rotatable bonds is 4. The minimum absolute atomic E-state index is 0.0537. The van der Waals surface area contributed by atoms with Crippen LogP contribution in [0.25, 0.3) is 0 Å². The van der Waals surface area contributed by atoms with Gasteiger partial charge in [-0.05, 0) is 23.6 Å². The second-order valence-corrected chi connectivity index (χ2v) is 7.35. The predicted octanol–water partition coefficient (Wildman–Crippen LogP) is -0.786. The molecule has 2 unspecified atom stereocenters. The van der Waals surface area contributed by atoms with Crippen LogP contribution in [0.4, 0.5) is 0 Å². The van der Waals surface area contributed by atoms with E-state index in [9.17, 15) is 19.5 Å². The number of hydrogen-bond donors (Lipinski definition) is 3. The largest absolute Gasteiger partial charge is 0.395 e. The molecule has 2 atom stereocenters. The summed E-state index contributed by atoms with van der Waals surface area (Å²) < 4.78 is 0.